The topological polar surface area (TPSA) is 36.9 Å². The summed E-state index contributed by atoms with van der Waals surface area (Å²) in [6.45, 7) is 8.76. The largest absolute Gasteiger partial charge is 0.368 e. The van der Waals surface area contributed by atoms with Crippen LogP contribution in [0.15, 0.2) is 30.3 Å². The van der Waals surface area contributed by atoms with Crippen LogP contribution >= 0.6 is 0 Å². The molecule has 0 saturated carbocycles. The molecule has 4 heteroatoms. The van der Waals surface area contributed by atoms with E-state index >= 15 is 0 Å². The van der Waals surface area contributed by atoms with Gasteiger partial charge >= 0.3 is 0 Å². The molecule has 2 unspecified atom stereocenters. The quantitative estimate of drug-likeness (QED) is 0.834. The fraction of sp³-hybridized carbons (Fsp3) is 0.667. The van der Waals surface area contributed by atoms with Crippen LogP contribution in [-0.2, 0) is 25.6 Å². The van der Waals surface area contributed by atoms with E-state index in [1.165, 1.54) is 0 Å². The van der Waals surface area contributed by atoms with E-state index in [0.29, 0.717) is 12.5 Å². The molecule has 2 aliphatic heterocycles. The number of fused-ring (bicyclic) bond motifs is 1. The summed E-state index contributed by atoms with van der Waals surface area (Å²) >= 11 is 0. The zero-order chi connectivity index (χ0) is 15.7. The van der Waals surface area contributed by atoms with Gasteiger partial charge in [-0.15, -0.1) is 0 Å². The van der Waals surface area contributed by atoms with Crippen LogP contribution in [0.2, 0.25) is 0 Å². The van der Waals surface area contributed by atoms with Crippen LogP contribution in [0.5, 0.6) is 0 Å². The molecule has 1 aromatic rings. The lowest BCUT2D eigenvalue weighted by Gasteiger charge is -2.29. The van der Waals surface area contributed by atoms with Crippen molar-refractivity contribution in [2.45, 2.75) is 71.1 Å². The molecule has 0 N–H and O–H groups in total. The van der Waals surface area contributed by atoms with Crippen molar-refractivity contribution in [3.63, 3.8) is 0 Å². The molecule has 4 nitrogen and oxygen atoms in total. The molecule has 2 aliphatic rings. The van der Waals surface area contributed by atoms with Crippen molar-refractivity contribution < 1.29 is 18.9 Å². The van der Waals surface area contributed by atoms with Gasteiger partial charge in [0.25, 0.3) is 0 Å². The van der Waals surface area contributed by atoms with E-state index in [0.717, 1.165) is 12.0 Å². The van der Waals surface area contributed by atoms with Crippen molar-refractivity contribution in [2.24, 2.45) is 5.92 Å². The minimum absolute atomic E-state index is 0.0137. The summed E-state index contributed by atoms with van der Waals surface area (Å²) in [5, 5.41) is 0. The second-order valence-electron chi connectivity index (χ2n) is 6.72. The lowest BCUT2D eigenvalue weighted by molar-refractivity contribution is -0.224. The molecule has 22 heavy (non-hydrogen) atoms. The number of rotatable bonds is 5. The molecule has 2 saturated heterocycles. The van der Waals surface area contributed by atoms with Gasteiger partial charge in [-0.2, -0.15) is 0 Å². The van der Waals surface area contributed by atoms with Gasteiger partial charge < -0.3 is 18.9 Å². The molecular weight excluding hydrogens is 280 g/mol. The maximum atomic E-state index is 6.20. The van der Waals surface area contributed by atoms with Crippen molar-refractivity contribution in [2.75, 3.05) is 0 Å². The second kappa shape index (κ2) is 6.28. The highest BCUT2D eigenvalue weighted by Gasteiger charge is 2.56. The summed E-state index contributed by atoms with van der Waals surface area (Å²) in [4.78, 5) is 0. The monoisotopic (exact) mass is 306 g/mol. The number of hydrogen-bond acceptors (Lipinski definition) is 4. The maximum Gasteiger partial charge on any atom is 0.190 e. The third kappa shape index (κ3) is 3.20. The highest BCUT2D eigenvalue weighted by molar-refractivity contribution is 5.13. The fourth-order valence-corrected chi connectivity index (χ4v) is 3.15. The summed E-state index contributed by atoms with van der Waals surface area (Å²) in [5.41, 5.74) is 1.16. The Morgan fingerprint density at radius 3 is 2.59 bits per heavy atom. The zero-order valence-electron chi connectivity index (χ0n) is 13.8. The van der Waals surface area contributed by atoms with Crippen molar-refractivity contribution >= 4 is 0 Å². The lowest BCUT2D eigenvalue weighted by atomic mass is 9.96. The average molecular weight is 306 g/mol. The highest BCUT2D eigenvalue weighted by atomic mass is 16.8. The first-order chi connectivity index (χ1) is 10.5. The van der Waals surface area contributed by atoms with Crippen LogP contribution in [0.25, 0.3) is 0 Å². The van der Waals surface area contributed by atoms with Gasteiger partial charge in [0.15, 0.2) is 12.1 Å². The van der Waals surface area contributed by atoms with E-state index in [2.05, 4.69) is 26.0 Å². The molecule has 0 aliphatic carbocycles. The summed E-state index contributed by atoms with van der Waals surface area (Å²) in [6, 6.07) is 10.2. The molecule has 0 aromatic heterocycles. The molecule has 5 atom stereocenters. The zero-order valence-corrected chi connectivity index (χ0v) is 13.8. The van der Waals surface area contributed by atoms with Crippen LogP contribution in [0.4, 0.5) is 0 Å². The van der Waals surface area contributed by atoms with Gasteiger partial charge in [-0.05, 0) is 25.3 Å². The van der Waals surface area contributed by atoms with Crippen molar-refractivity contribution in [1.82, 2.24) is 0 Å². The summed E-state index contributed by atoms with van der Waals surface area (Å²) in [6.07, 6.45) is 0.479. The molecule has 0 amide bonds. The Kier molecular flexibility index (Phi) is 4.55. The Morgan fingerprint density at radius 2 is 1.91 bits per heavy atom. The minimum Gasteiger partial charge on any atom is -0.368 e. The third-order valence-corrected chi connectivity index (χ3v) is 4.52. The van der Waals surface area contributed by atoms with Gasteiger partial charge in [0, 0.05) is 0 Å². The minimum atomic E-state index is -0.607. The maximum absolute atomic E-state index is 6.20. The van der Waals surface area contributed by atoms with Crippen LogP contribution < -0.4 is 0 Å². The molecule has 1 aromatic carbocycles. The van der Waals surface area contributed by atoms with E-state index in [1.54, 1.807) is 0 Å². The van der Waals surface area contributed by atoms with E-state index in [-0.39, 0.29) is 24.6 Å². The Balaban J connectivity index is 1.71. The Hall–Kier alpha value is -0.940. The number of ether oxygens (including phenoxy) is 4. The molecule has 0 radical (unpaired) electrons. The first-order valence-electron chi connectivity index (χ1n) is 8.17. The highest BCUT2D eigenvalue weighted by Crippen LogP contribution is 2.41. The molecule has 122 valence electrons. The SMILES string of the molecule is CCC(C)[C@H]1O[C@@H]2OC(C)(C)OC2[C@@H]1OCc1ccccc1. The standard InChI is InChI=1S/C18H26O4/c1-5-12(2)14-15(19-11-13-9-7-6-8-10-13)16-17(20-14)22-18(3,4)21-16/h6-10,12,14-17H,5,11H2,1-4H3/t12?,14-,15-,16?,17-/m1/s1. The molecule has 0 spiro atoms. The summed E-state index contributed by atoms with van der Waals surface area (Å²) in [5.74, 6) is -0.203. The van der Waals surface area contributed by atoms with Crippen LogP contribution in [0, 0.1) is 5.92 Å². The Bertz CT molecular complexity index is 487. The fourth-order valence-electron chi connectivity index (χ4n) is 3.15. The first-order valence-corrected chi connectivity index (χ1v) is 8.17. The van der Waals surface area contributed by atoms with E-state index in [1.807, 2.05) is 32.0 Å². The van der Waals surface area contributed by atoms with E-state index in [9.17, 15) is 0 Å². The summed E-state index contributed by atoms with van der Waals surface area (Å²) in [7, 11) is 0. The van der Waals surface area contributed by atoms with Crippen LogP contribution in [0.1, 0.15) is 39.7 Å². The number of benzene rings is 1. The van der Waals surface area contributed by atoms with Gasteiger partial charge in [0.05, 0.1) is 12.7 Å². The Morgan fingerprint density at radius 1 is 1.18 bits per heavy atom. The van der Waals surface area contributed by atoms with Crippen molar-refractivity contribution in [3.05, 3.63) is 35.9 Å². The Labute approximate surface area is 132 Å². The van der Waals surface area contributed by atoms with Crippen molar-refractivity contribution in [3.8, 4) is 0 Å². The van der Waals surface area contributed by atoms with Gasteiger partial charge in [0.2, 0.25) is 0 Å². The molecule has 0 bridgehead atoms. The predicted octanol–water partition coefficient (Wildman–Crippen LogP) is 3.49. The molecule has 2 fully saturated rings. The van der Waals surface area contributed by atoms with Gasteiger partial charge in [0.1, 0.15) is 12.2 Å². The summed E-state index contributed by atoms with van der Waals surface area (Å²) < 4.78 is 24.2. The molecular formula is C18H26O4. The lowest BCUT2D eigenvalue weighted by Crippen LogP contribution is -2.39. The van der Waals surface area contributed by atoms with Crippen LogP contribution in [-0.4, -0.2) is 30.4 Å². The smallest absolute Gasteiger partial charge is 0.190 e. The van der Waals surface area contributed by atoms with E-state index < -0.39 is 5.79 Å². The molecule has 2 heterocycles. The normalized spacial score (nSPS) is 34.5. The van der Waals surface area contributed by atoms with Gasteiger partial charge in [-0.1, -0.05) is 50.6 Å². The third-order valence-electron chi connectivity index (χ3n) is 4.52. The number of hydrogen-bond donors (Lipinski definition) is 0. The average Bonchev–Trinajstić information content (AvgIpc) is 2.97. The first kappa shape index (κ1) is 15.9. The van der Waals surface area contributed by atoms with Gasteiger partial charge in [-0.25, -0.2) is 0 Å². The van der Waals surface area contributed by atoms with Crippen molar-refractivity contribution in [1.29, 1.82) is 0 Å². The van der Waals surface area contributed by atoms with Gasteiger partial charge in [-0.3, -0.25) is 0 Å². The molecule has 3 rings (SSSR count). The second-order valence-corrected chi connectivity index (χ2v) is 6.72. The predicted molar refractivity (Wildman–Crippen MR) is 83.2 cm³/mol. The van der Waals surface area contributed by atoms with Crippen LogP contribution in [0.3, 0.4) is 0 Å². The van der Waals surface area contributed by atoms with E-state index in [4.69, 9.17) is 18.9 Å².